The first-order valence-electron chi connectivity index (χ1n) is 9.14. The number of carbonyl (C=O) groups excluding carboxylic acids is 1. The van der Waals surface area contributed by atoms with Gasteiger partial charge in [0, 0.05) is 31.2 Å². The molecule has 1 fully saturated rings. The van der Waals surface area contributed by atoms with Gasteiger partial charge >= 0.3 is 6.18 Å². The van der Waals surface area contributed by atoms with Crippen LogP contribution in [-0.2, 0) is 6.18 Å². The summed E-state index contributed by atoms with van der Waals surface area (Å²) in [5.74, 6) is 0.0571. The Morgan fingerprint density at radius 1 is 1.07 bits per heavy atom. The van der Waals surface area contributed by atoms with E-state index in [1.165, 1.54) is 0 Å². The van der Waals surface area contributed by atoms with Crippen LogP contribution in [0.3, 0.4) is 0 Å². The van der Waals surface area contributed by atoms with E-state index in [9.17, 15) is 18.0 Å². The number of carbonyl (C=O) groups is 1. The highest BCUT2D eigenvalue weighted by Crippen LogP contribution is 2.32. The Balaban J connectivity index is 1.74. The molecule has 27 heavy (non-hydrogen) atoms. The summed E-state index contributed by atoms with van der Waals surface area (Å²) in [5, 5.41) is 3.33. The van der Waals surface area contributed by atoms with Crippen LogP contribution in [0.25, 0.3) is 0 Å². The molecule has 3 nitrogen and oxygen atoms in total. The molecule has 0 aliphatic carbocycles. The molecule has 1 aliphatic heterocycles. The SMILES string of the molecule is CCN(C(=O)c1ccccc1)C1CNCC(c2ccc(C(F)(F)F)cc2)C1. The lowest BCUT2D eigenvalue weighted by atomic mass is 9.88. The second kappa shape index (κ2) is 8.13. The molecular formula is C21H23F3N2O. The zero-order valence-corrected chi connectivity index (χ0v) is 15.2. The van der Waals surface area contributed by atoms with E-state index in [0.29, 0.717) is 25.2 Å². The number of halogens is 3. The summed E-state index contributed by atoms with van der Waals surface area (Å²) in [7, 11) is 0. The van der Waals surface area contributed by atoms with Crippen LogP contribution in [0.15, 0.2) is 54.6 Å². The number of alkyl halides is 3. The highest BCUT2D eigenvalue weighted by atomic mass is 19.4. The van der Waals surface area contributed by atoms with Crippen LogP contribution in [0.2, 0.25) is 0 Å². The minimum Gasteiger partial charge on any atom is -0.335 e. The average molecular weight is 376 g/mol. The Kier molecular flexibility index (Phi) is 5.85. The molecular weight excluding hydrogens is 353 g/mol. The quantitative estimate of drug-likeness (QED) is 0.862. The van der Waals surface area contributed by atoms with Crippen LogP contribution in [0.4, 0.5) is 13.2 Å². The van der Waals surface area contributed by atoms with Crippen LogP contribution in [0, 0.1) is 0 Å². The Hall–Kier alpha value is -2.34. The fourth-order valence-electron chi connectivity index (χ4n) is 3.67. The first-order chi connectivity index (χ1) is 12.9. The van der Waals surface area contributed by atoms with Gasteiger partial charge in [0.1, 0.15) is 0 Å². The zero-order chi connectivity index (χ0) is 19.4. The Morgan fingerprint density at radius 2 is 1.74 bits per heavy atom. The number of nitrogens with one attached hydrogen (secondary N) is 1. The van der Waals surface area contributed by atoms with Crippen LogP contribution >= 0.6 is 0 Å². The molecule has 2 aromatic carbocycles. The number of amides is 1. The molecule has 0 bridgehead atoms. The van der Waals surface area contributed by atoms with E-state index in [1.807, 2.05) is 30.0 Å². The van der Waals surface area contributed by atoms with Gasteiger partial charge in [-0.1, -0.05) is 30.3 Å². The average Bonchev–Trinajstić information content (AvgIpc) is 2.69. The summed E-state index contributed by atoms with van der Waals surface area (Å²) < 4.78 is 38.3. The number of benzene rings is 2. The van der Waals surface area contributed by atoms with Crippen molar-refractivity contribution in [1.82, 2.24) is 10.2 Å². The maximum absolute atomic E-state index is 12.8. The third kappa shape index (κ3) is 4.50. The first kappa shape index (κ1) is 19.4. The molecule has 0 aromatic heterocycles. The number of hydrogen-bond donors (Lipinski definition) is 1. The molecule has 1 heterocycles. The lowest BCUT2D eigenvalue weighted by molar-refractivity contribution is -0.137. The van der Waals surface area contributed by atoms with Crippen molar-refractivity contribution in [2.75, 3.05) is 19.6 Å². The number of likely N-dealkylation sites (N-methyl/N-ethyl adjacent to an activating group) is 1. The number of nitrogens with zero attached hydrogens (tertiary/aromatic N) is 1. The highest BCUT2D eigenvalue weighted by molar-refractivity contribution is 5.94. The number of hydrogen-bond acceptors (Lipinski definition) is 2. The van der Waals surface area contributed by atoms with Crippen LogP contribution in [0.5, 0.6) is 0 Å². The van der Waals surface area contributed by atoms with Crippen molar-refractivity contribution in [1.29, 1.82) is 0 Å². The molecule has 3 rings (SSSR count). The lowest BCUT2D eigenvalue weighted by Crippen LogP contribution is -2.50. The predicted octanol–water partition coefficient (Wildman–Crippen LogP) is 4.31. The highest BCUT2D eigenvalue weighted by Gasteiger charge is 2.32. The fourth-order valence-corrected chi connectivity index (χ4v) is 3.67. The van der Waals surface area contributed by atoms with Gasteiger partial charge in [0.05, 0.1) is 5.56 Å². The molecule has 0 spiro atoms. The molecule has 1 aliphatic rings. The van der Waals surface area contributed by atoms with Gasteiger partial charge in [-0.2, -0.15) is 13.2 Å². The summed E-state index contributed by atoms with van der Waals surface area (Å²) in [6.07, 6.45) is -3.60. The van der Waals surface area contributed by atoms with Crippen molar-refractivity contribution >= 4 is 5.91 Å². The van der Waals surface area contributed by atoms with E-state index in [-0.39, 0.29) is 17.9 Å². The largest absolute Gasteiger partial charge is 0.416 e. The molecule has 6 heteroatoms. The molecule has 2 aromatic rings. The summed E-state index contributed by atoms with van der Waals surface area (Å²) in [5.41, 5.74) is 0.875. The van der Waals surface area contributed by atoms with E-state index < -0.39 is 11.7 Å². The third-order valence-electron chi connectivity index (χ3n) is 5.10. The summed E-state index contributed by atoms with van der Waals surface area (Å²) in [4.78, 5) is 14.7. The minimum absolute atomic E-state index is 0.00347. The zero-order valence-electron chi connectivity index (χ0n) is 15.2. The van der Waals surface area contributed by atoms with Gasteiger partial charge in [-0.25, -0.2) is 0 Å². The topological polar surface area (TPSA) is 32.3 Å². The van der Waals surface area contributed by atoms with Crippen molar-refractivity contribution in [2.24, 2.45) is 0 Å². The molecule has 2 unspecified atom stereocenters. The van der Waals surface area contributed by atoms with E-state index >= 15 is 0 Å². The van der Waals surface area contributed by atoms with E-state index in [4.69, 9.17) is 0 Å². The minimum atomic E-state index is -4.33. The van der Waals surface area contributed by atoms with Crippen molar-refractivity contribution in [2.45, 2.75) is 31.5 Å². The third-order valence-corrected chi connectivity index (χ3v) is 5.10. The maximum Gasteiger partial charge on any atom is 0.416 e. The predicted molar refractivity (Wildman–Crippen MR) is 98.6 cm³/mol. The maximum atomic E-state index is 12.8. The van der Waals surface area contributed by atoms with E-state index in [2.05, 4.69) is 5.32 Å². The van der Waals surface area contributed by atoms with Gasteiger partial charge < -0.3 is 10.2 Å². The van der Waals surface area contributed by atoms with Gasteiger partial charge in [0.15, 0.2) is 0 Å². The van der Waals surface area contributed by atoms with Crippen molar-refractivity contribution in [3.63, 3.8) is 0 Å². The van der Waals surface area contributed by atoms with Gasteiger partial charge in [0.2, 0.25) is 0 Å². The van der Waals surface area contributed by atoms with Gasteiger partial charge in [-0.3, -0.25) is 4.79 Å². The summed E-state index contributed by atoms with van der Waals surface area (Å²) >= 11 is 0. The van der Waals surface area contributed by atoms with Crippen molar-refractivity contribution in [3.8, 4) is 0 Å². The number of rotatable bonds is 4. The van der Waals surface area contributed by atoms with Gasteiger partial charge in [-0.15, -0.1) is 0 Å². The lowest BCUT2D eigenvalue weighted by Gasteiger charge is -2.38. The molecule has 1 saturated heterocycles. The van der Waals surface area contributed by atoms with Crippen LogP contribution in [-0.4, -0.2) is 36.5 Å². The molecule has 0 radical (unpaired) electrons. The normalized spacial score (nSPS) is 20.3. The molecule has 1 amide bonds. The fraction of sp³-hybridized carbons (Fsp3) is 0.381. The molecule has 144 valence electrons. The first-order valence-corrected chi connectivity index (χ1v) is 9.14. The van der Waals surface area contributed by atoms with Crippen molar-refractivity contribution in [3.05, 3.63) is 71.3 Å². The summed E-state index contributed by atoms with van der Waals surface area (Å²) in [6.45, 7) is 3.91. The standard InChI is InChI=1S/C21H23F3N2O/c1-2-26(20(27)16-6-4-3-5-7-16)19-12-17(13-25-14-19)15-8-10-18(11-9-15)21(22,23)24/h3-11,17,19,25H,2,12-14H2,1H3. The molecule has 2 atom stereocenters. The molecule has 1 N–H and O–H groups in total. The van der Waals surface area contributed by atoms with E-state index in [1.54, 1.807) is 24.3 Å². The smallest absolute Gasteiger partial charge is 0.335 e. The second-order valence-corrected chi connectivity index (χ2v) is 6.82. The Bertz CT molecular complexity index is 759. The molecule has 0 saturated carbocycles. The van der Waals surface area contributed by atoms with Crippen LogP contribution in [0.1, 0.15) is 40.7 Å². The number of piperidine rings is 1. The monoisotopic (exact) mass is 376 g/mol. The Morgan fingerprint density at radius 3 is 2.33 bits per heavy atom. The summed E-state index contributed by atoms with van der Waals surface area (Å²) in [6, 6.07) is 14.5. The van der Waals surface area contributed by atoms with E-state index in [0.717, 1.165) is 24.1 Å². The second-order valence-electron chi connectivity index (χ2n) is 6.82. The van der Waals surface area contributed by atoms with Crippen LogP contribution < -0.4 is 5.32 Å². The van der Waals surface area contributed by atoms with Crippen molar-refractivity contribution < 1.29 is 18.0 Å². The van der Waals surface area contributed by atoms with Gasteiger partial charge in [0.25, 0.3) is 5.91 Å². The Labute approximate surface area is 157 Å². The van der Waals surface area contributed by atoms with Gasteiger partial charge in [-0.05, 0) is 49.1 Å².